The second-order valence-electron chi connectivity index (χ2n) is 11.5. The van der Waals surface area contributed by atoms with Crippen LogP contribution in [0.15, 0.2) is 34.9 Å². The van der Waals surface area contributed by atoms with Crippen LogP contribution in [-0.2, 0) is 19.7 Å². The van der Waals surface area contributed by atoms with Gasteiger partial charge in [0.2, 0.25) is 11.8 Å². The predicted octanol–water partition coefficient (Wildman–Crippen LogP) is 4.60. The number of fused-ring (bicyclic) bond motifs is 3. The fourth-order valence-corrected chi connectivity index (χ4v) is 7.49. The van der Waals surface area contributed by atoms with Gasteiger partial charge in [0.1, 0.15) is 28.6 Å². The lowest BCUT2D eigenvalue weighted by Gasteiger charge is -2.47. The summed E-state index contributed by atoms with van der Waals surface area (Å²) in [5.74, 6) is -0.880. The van der Waals surface area contributed by atoms with E-state index in [2.05, 4.69) is 13.0 Å². The van der Waals surface area contributed by atoms with Crippen LogP contribution >= 0.6 is 0 Å². The van der Waals surface area contributed by atoms with Crippen molar-refractivity contribution in [3.05, 3.63) is 51.9 Å². The van der Waals surface area contributed by atoms with Crippen molar-refractivity contribution in [2.75, 3.05) is 4.90 Å². The average Bonchev–Trinajstić information content (AvgIpc) is 3.28. The highest BCUT2D eigenvalue weighted by Crippen LogP contribution is 2.63. The molecule has 2 aliphatic carbocycles. The molecule has 1 aromatic rings. The molecule has 3 aliphatic heterocycles. The zero-order chi connectivity index (χ0) is 24.2. The monoisotopic (exact) mass is 461 g/mol. The maximum absolute atomic E-state index is 15.1. The first kappa shape index (κ1) is 21.4. The number of ketones is 1. The molecule has 3 heterocycles. The highest BCUT2D eigenvalue weighted by atomic mass is 19.1. The fourth-order valence-electron chi connectivity index (χ4n) is 7.49. The molecule has 34 heavy (non-hydrogen) atoms. The van der Waals surface area contributed by atoms with Crippen molar-refractivity contribution >= 4 is 17.4 Å². The molecule has 5 aliphatic rings. The smallest absolute Gasteiger partial charge is 0.248 e. The van der Waals surface area contributed by atoms with Crippen LogP contribution in [0.3, 0.4) is 0 Å². The molecular weight excluding hydrogens is 433 g/mol. The van der Waals surface area contributed by atoms with E-state index in [0.717, 1.165) is 37.7 Å². The first-order valence-corrected chi connectivity index (χ1v) is 12.1. The SMILES string of the molecule is CC1CC2(CCCC2)N2C(=O)C3(C(C#N)=C(N)OC4=C3C(=O)CC(C)(C)C4)c3cc(F)cc1c32. The van der Waals surface area contributed by atoms with Crippen molar-refractivity contribution in [1.82, 2.24) is 0 Å². The third-order valence-electron chi connectivity index (χ3n) is 8.66. The van der Waals surface area contributed by atoms with Gasteiger partial charge in [0, 0.05) is 23.9 Å². The topological polar surface area (TPSA) is 96.4 Å². The molecular formula is C27H28FN3O3. The van der Waals surface area contributed by atoms with E-state index >= 15 is 4.39 Å². The Morgan fingerprint density at radius 2 is 1.91 bits per heavy atom. The quantitative estimate of drug-likeness (QED) is 0.609. The van der Waals surface area contributed by atoms with Crippen molar-refractivity contribution in [3.63, 3.8) is 0 Å². The van der Waals surface area contributed by atoms with Gasteiger partial charge in [0.15, 0.2) is 5.78 Å². The normalized spacial score (nSPS) is 30.6. The molecule has 7 heteroatoms. The van der Waals surface area contributed by atoms with Gasteiger partial charge in [-0.2, -0.15) is 5.26 Å². The number of benzene rings is 1. The molecule has 1 fully saturated rings. The molecule has 6 nitrogen and oxygen atoms in total. The molecule has 0 radical (unpaired) electrons. The summed E-state index contributed by atoms with van der Waals surface area (Å²) in [6.45, 7) is 5.99. The average molecular weight is 462 g/mol. The Labute approximate surface area is 198 Å². The fraction of sp³-hybridized carbons (Fsp3) is 0.519. The number of carbonyl (C=O) groups excluding carboxylic acids is 2. The van der Waals surface area contributed by atoms with Gasteiger partial charge in [-0.3, -0.25) is 9.59 Å². The van der Waals surface area contributed by atoms with Gasteiger partial charge in [-0.25, -0.2) is 4.39 Å². The number of nitrogens with two attached hydrogens (primary N) is 1. The molecule has 2 unspecified atom stereocenters. The zero-order valence-electron chi connectivity index (χ0n) is 19.8. The molecule has 0 bridgehead atoms. The van der Waals surface area contributed by atoms with Crippen LogP contribution in [0.1, 0.15) is 82.8 Å². The minimum Gasteiger partial charge on any atom is -0.444 e. The number of nitriles is 1. The predicted molar refractivity (Wildman–Crippen MR) is 123 cm³/mol. The van der Waals surface area contributed by atoms with Crippen molar-refractivity contribution in [2.45, 2.75) is 82.6 Å². The second-order valence-corrected chi connectivity index (χ2v) is 11.5. The van der Waals surface area contributed by atoms with Crippen molar-refractivity contribution in [1.29, 1.82) is 5.26 Å². The van der Waals surface area contributed by atoms with Crippen molar-refractivity contribution < 1.29 is 18.7 Å². The summed E-state index contributed by atoms with van der Waals surface area (Å²) in [5, 5.41) is 10.3. The van der Waals surface area contributed by atoms with Gasteiger partial charge in [0.05, 0.1) is 11.3 Å². The standard InChI is InChI=1S/C27H28FN3O3/c1-14-10-26(6-4-5-7-26)31-22-16(14)8-15(28)9-17(22)27(24(31)33)18(13-29)23(30)34-20-12-25(2,3)11-19(32)21(20)27/h8-9,14H,4-7,10-12,30H2,1-3H3. The van der Waals surface area contributed by atoms with Crippen molar-refractivity contribution in [3.8, 4) is 6.07 Å². The second kappa shape index (κ2) is 6.50. The van der Waals surface area contributed by atoms with Gasteiger partial charge < -0.3 is 15.4 Å². The highest BCUT2D eigenvalue weighted by Gasteiger charge is 2.67. The van der Waals surface area contributed by atoms with E-state index in [-0.39, 0.29) is 46.5 Å². The van der Waals surface area contributed by atoms with E-state index in [1.165, 1.54) is 12.1 Å². The third-order valence-corrected chi connectivity index (χ3v) is 8.66. The first-order valence-electron chi connectivity index (χ1n) is 12.1. The minimum atomic E-state index is -1.76. The van der Waals surface area contributed by atoms with E-state index in [0.29, 0.717) is 23.4 Å². The number of nitrogens with zero attached hydrogens (tertiary/aromatic N) is 2. The van der Waals surface area contributed by atoms with Crippen LogP contribution in [0.25, 0.3) is 0 Å². The van der Waals surface area contributed by atoms with Gasteiger partial charge in [0.25, 0.3) is 0 Å². The lowest BCUT2D eigenvalue weighted by molar-refractivity contribution is -0.126. The van der Waals surface area contributed by atoms with Crippen LogP contribution in [0, 0.1) is 22.6 Å². The molecule has 1 saturated carbocycles. The number of rotatable bonds is 0. The van der Waals surface area contributed by atoms with E-state index < -0.39 is 16.8 Å². The maximum atomic E-state index is 15.1. The Morgan fingerprint density at radius 1 is 1.21 bits per heavy atom. The van der Waals surface area contributed by atoms with Gasteiger partial charge in [-0.1, -0.05) is 33.6 Å². The number of halogens is 1. The van der Waals surface area contributed by atoms with Crippen molar-refractivity contribution in [2.24, 2.45) is 11.1 Å². The van der Waals surface area contributed by atoms with Gasteiger partial charge in [-0.05, 0) is 48.3 Å². The van der Waals surface area contributed by atoms with Crippen LogP contribution in [0.5, 0.6) is 0 Å². The number of carbonyl (C=O) groups is 2. The Bertz CT molecular complexity index is 1290. The molecule has 2 N–H and O–H groups in total. The summed E-state index contributed by atoms with van der Waals surface area (Å²) in [6.07, 6.45) is 5.05. The highest BCUT2D eigenvalue weighted by molar-refractivity contribution is 6.21. The molecule has 6 rings (SSSR count). The van der Waals surface area contributed by atoms with E-state index in [4.69, 9.17) is 10.5 Å². The minimum absolute atomic E-state index is 0.0443. The molecule has 176 valence electrons. The van der Waals surface area contributed by atoms with Gasteiger partial charge in [-0.15, -0.1) is 0 Å². The summed E-state index contributed by atoms with van der Waals surface area (Å²) in [5.41, 5.74) is 5.60. The molecule has 1 amide bonds. The first-order chi connectivity index (χ1) is 16.1. The van der Waals surface area contributed by atoms with Crippen LogP contribution in [0.4, 0.5) is 10.1 Å². The summed E-state index contributed by atoms with van der Waals surface area (Å²) in [7, 11) is 0. The number of anilines is 1. The lowest BCUT2D eigenvalue weighted by atomic mass is 9.62. The maximum Gasteiger partial charge on any atom is 0.248 e. The largest absolute Gasteiger partial charge is 0.444 e. The molecule has 0 saturated heterocycles. The van der Waals surface area contributed by atoms with Crippen LogP contribution in [0.2, 0.25) is 0 Å². The Balaban J connectivity index is 1.74. The summed E-state index contributed by atoms with van der Waals surface area (Å²) < 4.78 is 21.0. The van der Waals surface area contributed by atoms with E-state index in [1.54, 1.807) is 0 Å². The number of amides is 1. The summed E-state index contributed by atoms with van der Waals surface area (Å²) in [4.78, 5) is 30.3. The number of hydrogen-bond acceptors (Lipinski definition) is 5. The molecule has 0 aromatic heterocycles. The number of Topliss-reactive ketones (excluding diaryl/α,β-unsaturated/α-hetero) is 1. The molecule has 2 atom stereocenters. The Kier molecular flexibility index (Phi) is 4.09. The number of allylic oxidation sites excluding steroid dienone is 1. The van der Waals surface area contributed by atoms with Crippen LogP contribution < -0.4 is 10.6 Å². The van der Waals surface area contributed by atoms with Gasteiger partial charge >= 0.3 is 0 Å². The Morgan fingerprint density at radius 3 is 2.59 bits per heavy atom. The van der Waals surface area contributed by atoms with E-state index in [9.17, 15) is 14.9 Å². The number of hydrogen-bond donors (Lipinski definition) is 1. The third kappa shape index (κ3) is 2.39. The Hall–Kier alpha value is -3.14. The molecule has 1 aromatic carbocycles. The zero-order valence-corrected chi connectivity index (χ0v) is 19.8. The number of ether oxygens (including phenoxy) is 1. The molecule has 2 spiro atoms. The summed E-state index contributed by atoms with van der Waals surface area (Å²) >= 11 is 0. The van der Waals surface area contributed by atoms with Crippen LogP contribution in [-0.4, -0.2) is 17.2 Å². The summed E-state index contributed by atoms with van der Waals surface area (Å²) in [6, 6.07) is 4.94. The van der Waals surface area contributed by atoms with E-state index in [1.807, 2.05) is 18.7 Å². The lowest BCUT2D eigenvalue weighted by Crippen LogP contribution is -2.57.